The van der Waals surface area contributed by atoms with E-state index in [4.69, 9.17) is 4.42 Å². The Morgan fingerprint density at radius 1 is 0.545 bits per heavy atom. The number of anilines is 3. The fraction of sp³-hybridized carbons (Fsp3) is 0.0588. The second kappa shape index (κ2) is 10.3. The molecule has 8 aromatic carbocycles. The fourth-order valence-electron chi connectivity index (χ4n) is 10.2. The van der Waals surface area contributed by atoms with Gasteiger partial charge in [-0.25, -0.2) is 0 Å². The van der Waals surface area contributed by atoms with Gasteiger partial charge in [0.15, 0.2) is 0 Å². The molecule has 0 amide bonds. The minimum atomic E-state index is -0.301. The summed E-state index contributed by atoms with van der Waals surface area (Å²) in [5.41, 5.74) is 16.7. The van der Waals surface area contributed by atoms with Crippen LogP contribution in [0.2, 0.25) is 0 Å². The van der Waals surface area contributed by atoms with Gasteiger partial charge in [-0.2, -0.15) is 0 Å². The molecule has 0 bridgehead atoms. The molecule has 0 atom stereocenters. The predicted octanol–water partition coefficient (Wildman–Crippen LogP) is 14.8. The van der Waals surface area contributed by atoms with Crippen LogP contribution < -0.4 is 4.90 Å². The van der Waals surface area contributed by atoms with Gasteiger partial charge in [-0.1, -0.05) is 111 Å². The van der Waals surface area contributed by atoms with Gasteiger partial charge in [0, 0.05) is 70.0 Å². The van der Waals surface area contributed by atoms with Crippen LogP contribution in [0.25, 0.3) is 91.9 Å². The average molecular weight is 721 g/mol. The zero-order valence-corrected chi connectivity index (χ0v) is 31.0. The molecule has 0 radical (unpaired) electrons. The van der Waals surface area contributed by atoms with Crippen molar-refractivity contribution in [2.45, 2.75) is 19.3 Å². The van der Waals surface area contributed by atoms with Crippen molar-refractivity contribution in [1.29, 1.82) is 0 Å². The predicted molar refractivity (Wildman–Crippen MR) is 232 cm³/mol. The van der Waals surface area contributed by atoms with E-state index in [1.807, 2.05) is 17.4 Å². The molecule has 55 heavy (non-hydrogen) atoms. The lowest BCUT2D eigenvalue weighted by molar-refractivity contribution is 0.661. The molecule has 0 saturated heterocycles. The Morgan fingerprint density at radius 2 is 1.27 bits per heavy atom. The van der Waals surface area contributed by atoms with E-state index >= 15 is 0 Å². The van der Waals surface area contributed by atoms with Crippen molar-refractivity contribution in [3.05, 3.63) is 169 Å². The molecule has 0 unspecified atom stereocenters. The second-order valence-electron chi connectivity index (χ2n) is 15.6. The van der Waals surface area contributed by atoms with Gasteiger partial charge in [0.2, 0.25) is 0 Å². The maximum atomic E-state index is 6.61. The zero-order chi connectivity index (χ0) is 36.2. The number of nitrogens with zero attached hydrogens (tertiary/aromatic N) is 2. The lowest BCUT2D eigenvalue weighted by Gasteiger charge is -2.33. The fourth-order valence-corrected chi connectivity index (χ4v) is 11.3. The quantitative estimate of drug-likeness (QED) is 0.181. The molecule has 11 aromatic rings. The number of furan rings is 1. The number of thiophene rings is 1. The third-order valence-corrected chi connectivity index (χ3v) is 13.6. The monoisotopic (exact) mass is 720 g/mol. The average Bonchev–Trinajstić information content (AvgIpc) is 3.92. The van der Waals surface area contributed by atoms with Gasteiger partial charge in [0.05, 0.1) is 28.1 Å². The molecule has 0 spiro atoms. The zero-order valence-electron chi connectivity index (χ0n) is 30.2. The molecule has 0 N–H and O–H groups in total. The van der Waals surface area contributed by atoms with Crippen LogP contribution in [0.4, 0.5) is 17.1 Å². The molecule has 4 heterocycles. The minimum absolute atomic E-state index is 0.301. The number of benzene rings is 8. The maximum absolute atomic E-state index is 6.61. The van der Waals surface area contributed by atoms with E-state index in [0.29, 0.717) is 0 Å². The lowest BCUT2D eigenvalue weighted by Crippen LogP contribution is -2.21. The SMILES string of the molecule is CC1(C)c2cccc3c2-c2c1c(N(c1ccc4c(c1)oc1ccccc14)c1cccc4sc5ccccc5c14)cc1c4ccccc4n(c21)-c1ccccc1-3. The Hall–Kier alpha value is -6.62. The highest BCUT2D eigenvalue weighted by atomic mass is 32.1. The van der Waals surface area contributed by atoms with E-state index in [2.05, 4.69) is 175 Å². The van der Waals surface area contributed by atoms with Crippen LogP contribution in [0, 0.1) is 0 Å². The van der Waals surface area contributed by atoms with E-state index in [-0.39, 0.29) is 5.41 Å². The largest absolute Gasteiger partial charge is 0.456 e. The van der Waals surface area contributed by atoms with Crippen LogP contribution in [0.5, 0.6) is 0 Å². The Labute approximate surface area is 320 Å². The van der Waals surface area contributed by atoms with E-state index in [9.17, 15) is 0 Å². The van der Waals surface area contributed by atoms with Gasteiger partial charge in [-0.15, -0.1) is 11.3 Å². The third kappa shape index (κ3) is 3.70. The molecule has 1 aliphatic carbocycles. The lowest BCUT2D eigenvalue weighted by atomic mass is 9.80. The summed E-state index contributed by atoms with van der Waals surface area (Å²) >= 11 is 1.87. The number of aromatic nitrogens is 1. The van der Waals surface area contributed by atoms with Gasteiger partial charge < -0.3 is 13.9 Å². The van der Waals surface area contributed by atoms with Crippen molar-refractivity contribution in [2.75, 3.05) is 4.90 Å². The first kappa shape index (κ1) is 29.8. The van der Waals surface area contributed by atoms with Gasteiger partial charge >= 0.3 is 0 Å². The molecule has 3 nitrogen and oxygen atoms in total. The van der Waals surface area contributed by atoms with Crippen molar-refractivity contribution in [3.8, 4) is 27.9 Å². The van der Waals surface area contributed by atoms with Crippen molar-refractivity contribution in [2.24, 2.45) is 0 Å². The molecule has 13 rings (SSSR count). The molecular weight excluding hydrogens is 689 g/mol. The smallest absolute Gasteiger partial charge is 0.137 e. The Kier molecular flexibility index (Phi) is 5.59. The van der Waals surface area contributed by atoms with Crippen LogP contribution in [-0.2, 0) is 5.41 Å². The summed E-state index contributed by atoms with van der Waals surface area (Å²) in [5.74, 6) is 0. The Morgan fingerprint density at radius 3 is 2.20 bits per heavy atom. The van der Waals surface area contributed by atoms with Crippen LogP contribution >= 0.6 is 11.3 Å². The molecule has 3 aromatic heterocycles. The first-order valence-electron chi connectivity index (χ1n) is 19.0. The van der Waals surface area contributed by atoms with E-state index < -0.39 is 0 Å². The normalized spacial score (nSPS) is 13.8. The number of hydrogen-bond donors (Lipinski definition) is 0. The second-order valence-corrected chi connectivity index (χ2v) is 16.7. The van der Waals surface area contributed by atoms with Crippen LogP contribution in [-0.4, -0.2) is 4.57 Å². The van der Waals surface area contributed by atoms with Gasteiger partial charge in [-0.05, 0) is 76.9 Å². The van der Waals surface area contributed by atoms with Crippen molar-refractivity contribution in [3.63, 3.8) is 0 Å². The molecule has 2 aliphatic rings. The molecular formula is C51H32N2OS. The first-order chi connectivity index (χ1) is 27.1. The molecule has 0 saturated carbocycles. The van der Waals surface area contributed by atoms with E-state index in [1.165, 1.54) is 92.4 Å². The van der Waals surface area contributed by atoms with Gasteiger partial charge in [0.25, 0.3) is 0 Å². The maximum Gasteiger partial charge on any atom is 0.137 e. The van der Waals surface area contributed by atoms with Crippen LogP contribution in [0.15, 0.2) is 162 Å². The van der Waals surface area contributed by atoms with Gasteiger partial charge in [-0.3, -0.25) is 0 Å². The highest BCUT2D eigenvalue weighted by molar-refractivity contribution is 7.26. The van der Waals surface area contributed by atoms with E-state index in [1.54, 1.807) is 0 Å². The highest BCUT2D eigenvalue weighted by Crippen LogP contribution is 2.62. The summed E-state index contributed by atoms with van der Waals surface area (Å²) in [7, 11) is 0. The van der Waals surface area contributed by atoms with Crippen molar-refractivity contribution >= 4 is 92.3 Å². The molecule has 1 aliphatic heterocycles. The van der Waals surface area contributed by atoms with E-state index in [0.717, 1.165) is 27.6 Å². The standard InChI is InChI=1S/C51H32N2OS/c1-51(2)37-18-11-17-34-30-13-3-7-19-38(30)53-39-20-8-4-14-31(39)36-28-41(49(51)48(46(34)37)50(36)53)52(29-25-26-33-32-15-5-9-22-42(32)54-43(33)27-29)40-21-12-24-45-47(40)35-16-6-10-23-44(35)55-45/h3-28H,1-2H3. The Balaban J connectivity index is 1.24. The summed E-state index contributed by atoms with van der Waals surface area (Å²) in [4.78, 5) is 2.55. The molecule has 0 fully saturated rings. The minimum Gasteiger partial charge on any atom is -0.456 e. The topological polar surface area (TPSA) is 21.3 Å². The third-order valence-electron chi connectivity index (χ3n) is 12.5. The summed E-state index contributed by atoms with van der Waals surface area (Å²) in [6.07, 6.45) is 0. The summed E-state index contributed by atoms with van der Waals surface area (Å²) in [6, 6.07) is 58.3. The number of fused-ring (bicyclic) bond motifs is 12. The summed E-state index contributed by atoms with van der Waals surface area (Å²) in [6.45, 7) is 4.86. The van der Waals surface area contributed by atoms with Crippen molar-refractivity contribution in [1.82, 2.24) is 4.57 Å². The summed E-state index contributed by atoms with van der Waals surface area (Å²) < 4.78 is 11.7. The Bertz CT molecular complexity index is 3480. The van der Waals surface area contributed by atoms with Crippen LogP contribution in [0.1, 0.15) is 25.0 Å². The van der Waals surface area contributed by atoms with Gasteiger partial charge in [0.1, 0.15) is 11.2 Å². The first-order valence-corrected chi connectivity index (χ1v) is 19.8. The van der Waals surface area contributed by atoms with Crippen LogP contribution in [0.3, 0.4) is 0 Å². The number of hydrogen-bond acceptors (Lipinski definition) is 3. The number of para-hydroxylation sites is 3. The van der Waals surface area contributed by atoms with Crippen molar-refractivity contribution < 1.29 is 4.42 Å². The summed E-state index contributed by atoms with van der Waals surface area (Å²) in [5, 5.41) is 7.34. The number of rotatable bonds is 3. The molecule has 4 heteroatoms. The highest BCUT2D eigenvalue weighted by Gasteiger charge is 2.44. The molecule has 258 valence electrons.